The predicted molar refractivity (Wildman–Crippen MR) is 113 cm³/mol. The Hall–Kier alpha value is -2.65. The maximum absolute atomic E-state index is 12.6. The van der Waals surface area contributed by atoms with Crippen molar-refractivity contribution < 1.29 is 8.42 Å². The third kappa shape index (κ3) is 3.79. The molecule has 0 unspecified atom stereocenters. The van der Waals surface area contributed by atoms with Gasteiger partial charge in [0.15, 0.2) is 5.82 Å². The van der Waals surface area contributed by atoms with Gasteiger partial charge in [0.1, 0.15) is 5.39 Å². The highest BCUT2D eigenvalue weighted by Crippen LogP contribution is 2.32. The van der Waals surface area contributed by atoms with Gasteiger partial charge in [0, 0.05) is 31.5 Å². The summed E-state index contributed by atoms with van der Waals surface area (Å²) in [4.78, 5) is 15.3. The van der Waals surface area contributed by atoms with Gasteiger partial charge in [-0.3, -0.25) is 9.48 Å². The Morgan fingerprint density at radius 2 is 1.86 bits per heavy atom. The highest BCUT2D eigenvalue weighted by atomic mass is 32.2. The second-order valence-corrected chi connectivity index (χ2v) is 9.22. The van der Waals surface area contributed by atoms with Gasteiger partial charge < -0.3 is 10.3 Å². The van der Waals surface area contributed by atoms with Crippen LogP contribution in [0.2, 0.25) is 0 Å². The lowest BCUT2D eigenvalue weighted by molar-refractivity contribution is 0.445. The monoisotopic (exact) mass is 415 g/mol. The Labute approximate surface area is 169 Å². The van der Waals surface area contributed by atoms with E-state index in [4.69, 9.17) is 0 Å². The second-order valence-electron chi connectivity index (χ2n) is 7.28. The highest BCUT2D eigenvalue weighted by molar-refractivity contribution is 7.89. The lowest BCUT2D eigenvalue weighted by Crippen LogP contribution is -2.30. The SMILES string of the molecule is CCN(CC)S(=O)(=O)c1ccc(Nc2nn(CC3CC3)c3cc[nH]c(=O)c23)cc1. The summed E-state index contributed by atoms with van der Waals surface area (Å²) in [5.41, 5.74) is 1.27. The zero-order chi connectivity index (χ0) is 20.6. The minimum absolute atomic E-state index is 0.201. The molecule has 0 radical (unpaired) electrons. The summed E-state index contributed by atoms with van der Waals surface area (Å²) in [5.74, 6) is 1.09. The van der Waals surface area contributed by atoms with E-state index in [1.54, 1.807) is 30.5 Å². The number of benzene rings is 1. The zero-order valence-corrected chi connectivity index (χ0v) is 17.4. The predicted octanol–water partition coefficient (Wildman–Crippen LogP) is 2.91. The number of sulfonamides is 1. The van der Waals surface area contributed by atoms with Gasteiger partial charge in [-0.2, -0.15) is 9.40 Å². The molecule has 0 bridgehead atoms. The summed E-state index contributed by atoms with van der Waals surface area (Å²) < 4.78 is 28.6. The van der Waals surface area contributed by atoms with Crippen molar-refractivity contribution in [1.29, 1.82) is 0 Å². The van der Waals surface area contributed by atoms with Crippen molar-refractivity contribution in [3.8, 4) is 0 Å². The van der Waals surface area contributed by atoms with E-state index in [0.29, 0.717) is 35.9 Å². The first kappa shape index (κ1) is 19.7. The number of nitrogens with zero attached hydrogens (tertiary/aromatic N) is 3. The molecule has 1 fully saturated rings. The van der Waals surface area contributed by atoms with E-state index in [-0.39, 0.29) is 10.5 Å². The number of nitrogens with one attached hydrogen (secondary N) is 2. The van der Waals surface area contributed by atoms with E-state index in [9.17, 15) is 13.2 Å². The third-order valence-corrected chi connectivity index (χ3v) is 7.33. The number of pyridine rings is 1. The van der Waals surface area contributed by atoms with Gasteiger partial charge in [0.25, 0.3) is 5.56 Å². The van der Waals surface area contributed by atoms with Crippen LogP contribution in [0.15, 0.2) is 46.2 Å². The molecule has 0 saturated heterocycles. The van der Waals surface area contributed by atoms with Gasteiger partial charge in [-0.25, -0.2) is 8.42 Å². The van der Waals surface area contributed by atoms with Crippen LogP contribution >= 0.6 is 0 Å². The Morgan fingerprint density at radius 3 is 2.48 bits per heavy atom. The van der Waals surface area contributed by atoms with Crippen LogP contribution in [0.1, 0.15) is 26.7 Å². The molecule has 29 heavy (non-hydrogen) atoms. The molecule has 1 aromatic carbocycles. The van der Waals surface area contributed by atoms with E-state index >= 15 is 0 Å². The molecule has 1 saturated carbocycles. The number of aromatic amines is 1. The van der Waals surface area contributed by atoms with Gasteiger partial charge >= 0.3 is 0 Å². The number of hydrogen-bond donors (Lipinski definition) is 2. The molecule has 8 nitrogen and oxygen atoms in total. The molecule has 9 heteroatoms. The van der Waals surface area contributed by atoms with Crippen molar-refractivity contribution in [2.24, 2.45) is 5.92 Å². The summed E-state index contributed by atoms with van der Waals surface area (Å²) in [7, 11) is -3.50. The lowest BCUT2D eigenvalue weighted by atomic mass is 10.3. The van der Waals surface area contributed by atoms with Crippen molar-refractivity contribution in [3.63, 3.8) is 0 Å². The van der Waals surface area contributed by atoms with Crippen LogP contribution in [0.5, 0.6) is 0 Å². The van der Waals surface area contributed by atoms with Gasteiger partial charge in [-0.15, -0.1) is 0 Å². The third-order valence-electron chi connectivity index (χ3n) is 5.26. The minimum Gasteiger partial charge on any atom is -0.338 e. The lowest BCUT2D eigenvalue weighted by Gasteiger charge is -2.18. The molecule has 0 spiro atoms. The fraction of sp³-hybridized carbons (Fsp3) is 0.400. The minimum atomic E-state index is -3.50. The number of H-pyrrole nitrogens is 1. The number of fused-ring (bicyclic) bond motifs is 1. The van der Waals surface area contributed by atoms with Crippen molar-refractivity contribution in [1.82, 2.24) is 19.1 Å². The Morgan fingerprint density at radius 1 is 1.17 bits per heavy atom. The summed E-state index contributed by atoms with van der Waals surface area (Å²) in [6.45, 7) is 5.27. The largest absolute Gasteiger partial charge is 0.338 e. The van der Waals surface area contributed by atoms with Crippen LogP contribution in [0.25, 0.3) is 10.9 Å². The fourth-order valence-corrected chi connectivity index (χ4v) is 4.93. The molecule has 0 atom stereocenters. The average Bonchev–Trinajstić information content (AvgIpc) is 3.45. The smallest absolute Gasteiger partial charge is 0.261 e. The molecule has 0 aliphatic heterocycles. The topological polar surface area (TPSA) is 100 Å². The molecule has 1 aliphatic rings. The zero-order valence-electron chi connectivity index (χ0n) is 16.6. The van der Waals surface area contributed by atoms with Gasteiger partial charge in [0.05, 0.1) is 10.4 Å². The molecule has 1 aliphatic carbocycles. The molecule has 0 amide bonds. The van der Waals surface area contributed by atoms with Gasteiger partial charge in [-0.05, 0) is 49.1 Å². The Kier molecular flexibility index (Phi) is 5.18. The van der Waals surface area contributed by atoms with E-state index in [0.717, 1.165) is 12.1 Å². The van der Waals surface area contributed by atoms with Crippen LogP contribution in [-0.2, 0) is 16.6 Å². The van der Waals surface area contributed by atoms with E-state index in [1.165, 1.54) is 17.1 Å². The van der Waals surface area contributed by atoms with Crippen molar-refractivity contribution in [3.05, 3.63) is 46.9 Å². The first-order valence-electron chi connectivity index (χ1n) is 9.89. The quantitative estimate of drug-likeness (QED) is 0.589. The molecular weight excluding hydrogens is 390 g/mol. The Bertz CT molecular complexity index is 1170. The molecule has 154 valence electrons. The van der Waals surface area contributed by atoms with E-state index in [1.807, 2.05) is 24.6 Å². The molecular formula is C20H25N5O3S. The van der Waals surface area contributed by atoms with E-state index in [2.05, 4.69) is 15.4 Å². The van der Waals surface area contributed by atoms with Gasteiger partial charge in [0.2, 0.25) is 10.0 Å². The summed E-state index contributed by atoms with van der Waals surface area (Å²) >= 11 is 0. The molecule has 2 heterocycles. The maximum atomic E-state index is 12.6. The molecule has 2 aromatic heterocycles. The second kappa shape index (κ2) is 7.64. The fourth-order valence-electron chi connectivity index (χ4n) is 3.47. The number of anilines is 2. The van der Waals surface area contributed by atoms with Crippen LogP contribution < -0.4 is 10.9 Å². The van der Waals surface area contributed by atoms with Crippen LogP contribution in [-0.4, -0.2) is 40.6 Å². The molecule has 4 rings (SSSR count). The maximum Gasteiger partial charge on any atom is 0.261 e. The van der Waals surface area contributed by atoms with Crippen LogP contribution in [0.4, 0.5) is 11.5 Å². The Balaban J connectivity index is 1.64. The molecule has 2 N–H and O–H groups in total. The van der Waals surface area contributed by atoms with E-state index < -0.39 is 10.0 Å². The summed E-state index contributed by atoms with van der Waals surface area (Å²) in [6, 6.07) is 8.39. The molecule has 3 aromatic rings. The van der Waals surface area contributed by atoms with Crippen molar-refractivity contribution in [2.75, 3.05) is 18.4 Å². The number of hydrogen-bond acceptors (Lipinski definition) is 5. The number of rotatable bonds is 8. The van der Waals surface area contributed by atoms with Crippen LogP contribution in [0.3, 0.4) is 0 Å². The standard InChI is InChI=1S/C20H25N5O3S/c1-3-24(4-2)29(27,28)16-9-7-15(8-10-16)22-19-18-17(11-12-21-20(18)26)25(23-19)13-14-5-6-14/h7-12,14H,3-6,13H2,1-2H3,(H,21,26)(H,22,23). The number of aromatic nitrogens is 3. The normalized spacial score (nSPS) is 14.6. The summed E-state index contributed by atoms with van der Waals surface area (Å²) in [6.07, 6.45) is 4.01. The van der Waals surface area contributed by atoms with Crippen molar-refractivity contribution in [2.45, 2.75) is 38.1 Å². The summed E-state index contributed by atoms with van der Waals surface area (Å²) in [5, 5.41) is 8.30. The first-order chi connectivity index (χ1) is 13.9. The first-order valence-corrected chi connectivity index (χ1v) is 11.3. The highest BCUT2D eigenvalue weighted by Gasteiger charge is 2.25. The van der Waals surface area contributed by atoms with Crippen LogP contribution in [0, 0.1) is 5.92 Å². The van der Waals surface area contributed by atoms with Crippen molar-refractivity contribution >= 4 is 32.4 Å². The average molecular weight is 416 g/mol. The van der Waals surface area contributed by atoms with Gasteiger partial charge in [-0.1, -0.05) is 13.8 Å².